The Balaban J connectivity index is 1.54. The Morgan fingerprint density at radius 3 is 3.09 bits per heavy atom. The van der Waals surface area contributed by atoms with Crippen molar-refractivity contribution in [3.63, 3.8) is 0 Å². The van der Waals surface area contributed by atoms with Crippen LogP contribution in [0.1, 0.15) is 11.5 Å². The van der Waals surface area contributed by atoms with E-state index in [2.05, 4.69) is 15.0 Å². The number of thiophene rings is 1. The van der Waals surface area contributed by atoms with E-state index in [1.54, 1.807) is 23.5 Å². The van der Waals surface area contributed by atoms with E-state index < -0.39 is 0 Å². The van der Waals surface area contributed by atoms with Crippen molar-refractivity contribution < 1.29 is 9.45 Å². The van der Waals surface area contributed by atoms with Gasteiger partial charge in [-0.25, -0.2) is 0 Å². The molecule has 3 heterocycles. The van der Waals surface area contributed by atoms with Gasteiger partial charge in [-0.2, -0.15) is 16.3 Å². The Kier molecular flexibility index (Phi) is 3.30. The zero-order valence-electron chi connectivity index (χ0n) is 12.0. The standard InChI is InChI=1S/C15H12N4O3S/c20-19(21)12-1-2-13-10(7-12)3-5-18(13)8-14-16-15(17-22-14)11-4-6-23-9-11/h1-2,4,6-7,9H,3,5,8H2. The minimum absolute atomic E-state index is 0.128. The topological polar surface area (TPSA) is 85.3 Å². The normalized spacial score (nSPS) is 13.3. The molecule has 3 aromatic rings. The van der Waals surface area contributed by atoms with Gasteiger partial charge in [-0.05, 0) is 29.5 Å². The summed E-state index contributed by atoms with van der Waals surface area (Å²) in [5.41, 5.74) is 3.05. The van der Waals surface area contributed by atoms with Crippen LogP contribution < -0.4 is 4.90 Å². The van der Waals surface area contributed by atoms with Gasteiger partial charge in [-0.1, -0.05) is 5.16 Å². The van der Waals surface area contributed by atoms with Gasteiger partial charge in [-0.3, -0.25) is 10.1 Å². The molecule has 0 saturated carbocycles. The quantitative estimate of drug-likeness (QED) is 0.540. The highest BCUT2D eigenvalue weighted by molar-refractivity contribution is 7.08. The summed E-state index contributed by atoms with van der Waals surface area (Å²) in [7, 11) is 0. The lowest BCUT2D eigenvalue weighted by molar-refractivity contribution is -0.384. The second-order valence-electron chi connectivity index (χ2n) is 5.27. The molecule has 7 nitrogen and oxygen atoms in total. The molecule has 0 unspecified atom stereocenters. The summed E-state index contributed by atoms with van der Waals surface area (Å²) >= 11 is 1.58. The summed E-state index contributed by atoms with van der Waals surface area (Å²) in [5.74, 6) is 1.13. The van der Waals surface area contributed by atoms with E-state index in [1.807, 2.05) is 16.8 Å². The molecule has 0 radical (unpaired) electrons. The van der Waals surface area contributed by atoms with Crippen LogP contribution in [0, 0.1) is 10.1 Å². The first-order chi connectivity index (χ1) is 11.2. The third-order valence-corrected chi connectivity index (χ3v) is 4.52. The fourth-order valence-corrected chi connectivity index (χ4v) is 3.36. The van der Waals surface area contributed by atoms with Crippen molar-refractivity contribution in [2.24, 2.45) is 0 Å². The number of anilines is 1. The monoisotopic (exact) mass is 328 g/mol. The van der Waals surface area contributed by atoms with E-state index in [0.717, 1.165) is 29.8 Å². The van der Waals surface area contributed by atoms with Gasteiger partial charge in [0.05, 0.1) is 11.5 Å². The van der Waals surface area contributed by atoms with E-state index in [1.165, 1.54) is 6.07 Å². The van der Waals surface area contributed by atoms with Gasteiger partial charge in [0.15, 0.2) is 0 Å². The van der Waals surface area contributed by atoms with E-state index in [9.17, 15) is 10.1 Å². The number of benzene rings is 1. The van der Waals surface area contributed by atoms with Crippen LogP contribution in [0.5, 0.6) is 0 Å². The fraction of sp³-hybridized carbons (Fsp3) is 0.200. The molecule has 2 aromatic heterocycles. The average Bonchev–Trinajstić information content (AvgIpc) is 3.27. The van der Waals surface area contributed by atoms with Crippen LogP contribution in [0.3, 0.4) is 0 Å². The highest BCUT2D eigenvalue weighted by Gasteiger charge is 2.23. The molecule has 0 amide bonds. The van der Waals surface area contributed by atoms with Crippen molar-refractivity contribution in [2.75, 3.05) is 11.4 Å². The molecule has 0 spiro atoms. The third kappa shape index (κ3) is 2.57. The number of nitro groups is 1. The summed E-state index contributed by atoms with van der Waals surface area (Å²) in [6, 6.07) is 6.90. The number of rotatable bonds is 4. The Morgan fingerprint density at radius 1 is 1.39 bits per heavy atom. The summed E-state index contributed by atoms with van der Waals surface area (Å²) in [5, 5.41) is 18.8. The van der Waals surface area contributed by atoms with E-state index in [0.29, 0.717) is 18.3 Å². The van der Waals surface area contributed by atoms with Crippen LogP contribution in [-0.4, -0.2) is 21.6 Å². The molecule has 0 fully saturated rings. The van der Waals surface area contributed by atoms with E-state index in [4.69, 9.17) is 4.52 Å². The highest BCUT2D eigenvalue weighted by atomic mass is 32.1. The lowest BCUT2D eigenvalue weighted by atomic mass is 10.1. The largest absolute Gasteiger partial charge is 0.362 e. The summed E-state index contributed by atoms with van der Waals surface area (Å²) in [6.07, 6.45) is 0.780. The maximum Gasteiger partial charge on any atom is 0.269 e. The number of non-ortho nitro benzene ring substituents is 1. The van der Waals surface area contributed by atoms with Crippen molar-refractivity contribution in [1.29, 1.82) is 0 Å². The Morgan fingerprint density at radius 2 is 2.30 bits per heavy atom. The van der Waals surface area contributed by atoms with E-state index >= 15 is 0 Å². The highest BCUT2D eigenvalue weighted by Crippen LogP contribution is 2.32. The maximum atomic E-state index is 10.8. The predicted molar refractivity (Wildman–Crippen MR) is 85.5 cm³/mol. The van der Waals surface area contributed by atoms with Crippen LogP contribution in [0.2, 0.25) is 0 Å². The van der Waals surface area contributed by atoms with Gasteiger partial charge >= 0.3 is 0 Å². The number of hydrogen-bond donors (Lipinski definition) is 0. The Hall–Kier alpha value is -2.74. The van der Waals surface area contributed by atoms with Crippen LogP contribution in [0.15, 0.2) is 39.5 Å². The smallest absolute Gasteiger partial charge is 0.269 e. The van der Waals surface area contributed by atoms with Crippen molar-refractivity contribution in [2.45, 2.75) is 13.0 Å². The number of nitro benzene ring substituents is 1. The first kappa shape index (κ1) is 13.9. The van der Waals surface area contributed by atoms with Crippen LogP contribution in [-0.2, 0) is 13.0 Å². The molecular weight excluding hydrogens is 316 g/mol. The lowest BCUT2D eigenvalue weighted by Crippen LogP contribution is -2.19. The van der Waals surface area contributed by atoms with Crippen molar-refractivity contribution >= 4 is 22.7 Å². The maximum absolute atomic E-state index is 10.8. The molecule has 8 heteroatoms. The van der Waals surface area contributed by atoms with E-state index in [-0.39, 0.29) is 10.6 Å². The molecular formula is C15H12N4O3S. The molecule has 1 aliphatic rings. The second kappa shape index (κ2) is 5.47. The van der Waals surface area contributed by atoms with Gasteiger partial charge < -0.3 is 9.42 Å². The van der Waals surface area contributed by atoms with Crippen molar-refractivity contribution in [1.82, 2.24) is 10.1 Å². The third-order valence-electron chi connectivity index (χ3n) is 3.84. The summed E-state index contributed by atoms with van der Waals surface area (Å²) < 4.78 is 5.32. The lowest BCUT2D eigenvalue weighted by Gasteiger charge is -2.16. The number of fused-ring (bicyclic) bond motifs is 1. The molecule has 0 aliphatic carbocycles. The first-order valence-corrected chi connectivity index (χ1v) is 8.02. The van der Waals surface area contributed by atoms with Crippen molar-refractivity contribution in [3.05, 3.63) is 56.6 Å². The van der Waals surface area contributed by atoms with Crippen molar-refractivity contribution in [3.8, 4) is 11.4 Å². The molecule has 0 saturated heterocycles. The number of aromatic nitrogens is 2. The molecule has 116 valence electrons. The summed E-state index contributed by atoms with van der Waals surface area (Å²) in [4.78, 5) is 17.0. The molecule has 0 atom stereocenters. The van der Waals surface area contributed by atoms with Gasteiger partial charge in [0.2, 0.25) is 11.7 Å². The molecule has 1 aromatic carbocycles. The SMILES string of the molecule is O=[N+]([O-])c1ccc2c(c1)CCN2Cc1nc(-c2ccsc2)no1. The molecule has 0 N–H and O–H groups in total. The summed E-state index contributed by atoms with van der Waals surface area (Å²) in [6.45, 7) is 1.29. The van der Waals surface area contributed by atoms with Crippen LogP contribution in [0.25, 0.3) is 11.4 Å². The Labute approximate surface area is 135 Å². The predicted octanol–water partition coefficient (Wildman–Crippen LogP) is 3.27. The minimum Gasteiger partial charge on any atom is -0.362 e. The van der Waals surface area contributed by atoms with Crippen LogP contribution >= 0.6 is 11.3 Å². The molecule has 23 heavy (non-hydrogen) atoms. The zero-order chi connectivity index (χ0) is 15.8. The van der Waals surface area contributed by atoms with Gasteiger partial charge in [-0.15, -0.1) is 0 Å². The number of nitrogens with zero attached hydrogens (tertiary/aromatic N) is 4. The van der Waals surface area contributed by atoms with Crippen LogP contribution in [0.4, 0.5) is 11.4 Å². The zero-order valence-corrected chi connectivity index (χ0v) is 12.8. The second-order valence-corrected chi connectivity index (χ2v) is 6.05. The van der Waals surface area contributed by atoms with Gasteiger partial charge in [0, 0.05) is 35.3 Å². The minimum atomic E-state index is -0.367. The molecule has 1 aliphatic heterocycles. The number of hydrogen-bond acceptors (Lipinski definition) is 7. The molecule has 4 rings (SSSR count). The van der Waals surface area contributed by atoms with Gasteiger partial charge in [0.25, 0.3) is 5.69 Å². The van der Waals surface area contributed by atoms with Gasteiger partial charge in [0.1, 0.15) is 0 Å². The first-order valence-electron chi connectivity index (χ1n) is 7.08. The molecule has 0 bridgehead atoms. The Bertz CT molecular complexity index is 859. The average molecular weight is 328 g/mol. The fourth-order valence-electron chi connectivity index (χ4n) is 2.73.